The maximum absolute atomic E-state index is 11.5. The number of carbonyl (C=O) groups is 1. The molecule has 1 atom stereocenters. The molecule has 2 N–H and O–H groups in total. The molecule has 0 rings (SSSR count). The minimum atomic E-state index is -0.490. The van der Waals surface area contributed by atoms with E-state index in [0.29, 0.717) is 5.17 Å². The van der Waals surface area contributed by atoms with Crippen LogP contribution in [0.3, 0.4) is 0 Å². The fourth-order valence-corrected chi connectivity index (χ4v) is 1.23. The number of rotatable bonds is 3. The maximum Gasteiger partial charge on any atom is 0.244 e. The van der Waals surface area contributed by atoms with Crippen LogP contribution in [0, 0.1) is 11.5 Å². The molecule has 1 unspecified atom stereocenters. The lowest BCUT2D eigenvalue weighted by Crippen LogP contribution is -2.37. The molecule has 0 aromatic rings. The maximum atomic E-state index is 11.5. The van der Waals surface area contributed by atoms with Crippen molar-refractivity contribution in [2.45, 2.75) is 32.9 Å². The van der Waals surface area contributed by atoms with Crippen LogP contribution in [-0.2, 0) is 4.79 Å². The molecular formula is C9H16N4OS. The Morgan fingerprint density at radius 2 is 2.07 bits per heavy atom. The molecule has 0 saturated carbocycles. The first kappa shape index (κ1) is 13.8. The number of nitrogens with zero attached hydrogens (tertiary/aromatic N) is 2. The molecule has 5 nitrogen and oxygen atoms in total. The molecule has 0 spiro atoms. The molecule has 0 aliphatic carbocycles. The molecule has 0 fully saturated rings. The van der Waals surface area contributed by atoms with E-state index in [2.05, 4.69) is 15.6 Å². The van der Waals surface area contributed by atoms with E-state index in [1.807, 2.05) is 13.8 Å². The van der Waals surface area contributed by atoms with E-state index in [0.717, 1.165) is 0 Å². The molecule has 0 radical (unpaired) electrons. The lowest BCUT2D eigenvalue weighted by Gasteiger charge is -2.12. The second-order valence-electron chi connectivity index (χ2n) is 3.21. The number of amidine groups is 1. The van der Waals surface area contributed by atoms with Gasteiger partial charge in [-0.15, -0.1) is 0 Å². The normalized spacial score (nSPS) is 13.2. The van der Waals surface area contributed by atoms with Gasteiger partial charge < -0.3 is 5.32 Å². The Kier molecular flexibility index (Phi) is 6.54. The molecule has 1 amide bonds. The number of nitriles is 1. The summed E-state index contributed by atoms with van der Waals surface area (Å²) in [6, 6.07) is -0.396. The quantitative estimate of drug-likeness (QED) is 0.322. The zero-order valence-electron chi connectivity index (χ0n) is 9.37. The van der Waals surface area contributed by atoms with Gasteiger partial charge in [0.25, 0.3) is 0 Å². The molecule has 6 heteroatoms. The van der Waals surface area contributed by atoms with E-state index in [-0.39, 0.29) is 11.9 Å². The highest BCUT2D eigenvalue weighted by Crippen LogP contribution is 1.99. The van der Waals surface area contributed by atoms with Crippen molar-refractivity contribution in [3.63, 3.8) is 0 Å². The third-order valence-corrected chi connectivity index (χ3v) is 2.07. The summed E-state index contributed by atoms with van der Waals surface area (Å²) in [6.07, 6.45) is 3.56. The number of hydrogen-bond donors (Lipinski definition) is 2. The number of aliphatic imine (C=N–C) groups is 1. The van der Waals surface area contributed by atoms with Crippen LogP contribution in [-0.4, -0.2) is 29.4 Å². The van der Waals surface area contributed by atoms with Crippen LogP contribution in [0.1, 0.15) is 20.8 Å². The third-order valence-electron chi connectivity index (χ3n) is 1.48. The molecular weight excluding hydrogens is 212 g/mol. The summed E-state index contributed by atoms with van der Waals surface area (Å²) >= 11 is 1.30. The molecule has 0 heterocycles. The number of amides is 1. The van der Waals surface area contributed by atoms with Crippen LogP contribution in [0.5, 0.6) is 0 Å². The lowest BCUT2D eigenvalue weighted by atomic mass is 10.3. The predicted molar refractivity (Wildman–Crippen MR) is 62.4 cm³/mol. The van der Waals surface area contributed by atoms with Gasteiger partial charge in [-0.25, -0.2) is 4.99 Å². The van der Waals surface area contributed by atoms with Gasteiger partial charge in [-0.3, -0.25) is 10.1 Å². The topological polar surface area (TPSA) is 77.3 Å². The summed E-state index contributed by atoms with van der Waals surface area (Å²) in [5, 5.41) is 14.0. The summed E-state index contributed by atoms with van der Waals surface area (Å²) in [5.74, 6) is -0.142. The Balaban J connectivity index is 4.37. The summed E-state index contributed by atoms with van der Waals surface area (Å²) in [5.41, 5.74) is 0. The van der Waals surface area contributed by atoms with Crippen LogP contribution >= 0.6 is 11.8 Å². The molecule has 0 bridgehead atoms. The van der Waals surface area contributed by atoms with Crippen molar-refractivity contribution in [1.82, 2.24) is 10.6 Å². The fourth-order valence-electron chi connectivity index (χ4n) is 0.823. The molecule has 0 aromatic heterocycles. The molecule has 0 saturated heterocycles. The minimum absolute atomic E-state index is 0.0943. The van der Waals surface area contributed by atoms with Crippen LogP contribution in [0.15, 0.2) is 4.99 Å². The number of carbonyl (C=O) groups excluding carboxylic acids is 1. The Hall–Kier alpha value is -1.22. The van der Waals surface area contributed by atoms with Crippen molar-refractivity contribution in [3.05, 3.63) is 0 Å². The lowest BCUT2D eigenvalue weighted by molar-refractivity contribution is -0.122. The highest BCUT2D eigenvalue weighted by atomic mass is 32.2. The van der Waals surface area contributed by atoms with Crippen molar-refractivity contribution >= 4 is 22.8 Å². The molecule has 0 aliphatic rings. The van der Waals surface area contributed by atoms with E-state index in [9.17, 15) is 4.79 Å². The second kappa shape index (κ2) is 7.12. The van der Waals surface area contributed by atoms with Gasteiger partial charge in [-0.2, -0.15) is 5.26 Å². The van der Waals surface area contributed by atoms with Gasteiger partial charge in [-0.05, 0) is 27.0 Å². The molecule has 0 aliphatic heterocycles. The Morgan fingerprint density at radius 3 is 2.47 bits per heavy atom. The zero-order valence-corrected chi connectivity index (χ0v) is 10.2. The first-order valence-corrected chi connectivity index (χ1v) is 5.81. The second-order valence-corrected chi connectivity index (χ2v) is 4.01. The largest absolute Gasteiger partial charge is 0.352 e. The van der Waals surface area contributed by atoms with Crippen LogP contribution in [0.2, 0.25) is 0 Å². The predicted octanol–water partition coefficient (Wildman–Crippen LogP) is 0.689. The highest BCUT2D eigenvalue weighted by molar-refractivity contribution is 8.13. The van der Waals surface area contributed by atoms with Crippen molar-refractivity contribution in [2.24, 2.45) is 4.99 Å². The molecule has 84 valence electrons. The van der Waals surface area contributed by atoms with E-state index in [1.165, 1.54) is 11.8 Å². The number of nitrogens with one attached hydrogen (secondary N) is 2. The highest BCUT2D eigenvalue weighted by Gasteiger charge is 2.13. The van der Waals surface area contributed by atoms with Crippen LogP contribution < -0.4 is 10.6 Å². The third kappa shape index (κ3) is 5.96. The Labute approximate surface area is 94.3 Å². The van der Waals surface area contributed by atoms with Crippen molar-refractivity contribution in [2.75, 3.05) is 6.26 Å². The van der Waals surface area contributed by atoms with Crippen molar-refractivity contribution in [3.8, 4) is 6.19 Å². The minimum Gasteiger partial charge on any atom is -0.352 e. The van der Waals surface area contributed by atoms with Gasteiger partial charge >= 0.3 is 0 Å². The van der Waals surface area contributed by atoms with Gasteiger partial charge in [0.15, 0.2) is 11.4 Å². The van der Waals surface area contributed by atoms with E-state index < -0.39 is 6.04 Å². The van der Waals surface area contributed by atoms with Crippen LogP contribution in [0.25, 0.3) is 0 Å². The standard InChI is InChI=1S/C9H16N4OS/c1-6(2)12-8(14)7(3)13-9(15-4)11-5-10/h6-7H,1-4H3,(H,11,13)(H,12,14). The number of hydrogen-bond acceptors (Lipinski definition) is 4. The van der Waals surface area contributed by atoms with Gasteiger partial charge in [0.05, 0.1) is 0 Å². The fraction of sp³-hybridized carbons (Fsp3) is 0.667. The summed E-state index contributed by atoms with van der Waals surface area (Å²) < 4.78 is 0. The average molecular weight is 228 g/mol. The van der Waals surface area contributed by atoms with Gasteiger partial charge in [0.2, 0.25) is 5.91 Å². The average Bonchev–Trinajstić information content (AvgIpc) is 2.15. The first-order chi connectivity index (χ1) is 7.01. The van der Waals surface area contributed by atoms with Gasteiger partial charge in [0.1, 0.15) is 6.04 Å². The smallest absolute Gasteiger partial charge is 0.244 e. The van der Waals surface area contributed by atoms with Crippen molar-refractivity contribution < 1.29 is 4.79 Å². The first-order valence-electron chi connectivity index (χ1n) is 4.58. The SMILES string of the molecule is CSC(=NC(C)C(=O)NC(C)C)NC#N. The van der Waals surface area contributed by atoms with E-state index in [1.54, 1.807) is 19.4 Å². The van der Waals surface area contributed by atoms with Crippen molar-refractivity contribution in [1.29, 1.82) is 5.26 Å². The summed E-state index contributed by atoms with van der Waals surface area (Å²) in [7, 11) is 0. The van der Waals surface area contributed by atoms with Crippen LogP contribution in [0.4, 0.5) is 0 Å². The molecule has 0 aromatic carbocycles. The summed E-state index contributed by atoms with van der Waals surface area (Å²) in [6.45, 7) is 5.46. The summed E-state index contributed by atoms with van der Waals surface area (Å²) in [4.78, 5) is 15.5. The van der Waals surface area contributed by atoms with E-state index in [4.69, 9.17) is 5.26 Å². The molecule has 15 heavy (non-hydrogen) atoms. The monoisotopic (exact) mass is 228 g/mol. The van der Waals surface area contributed by atoms with Gasteiger partial charge in [0, 0.05) is 6.04 Å². The number of thioether (sulfide) groups is 1. The Morgan fingerprint density at radius 1 is 1.47 bits per heavy atom. The van der Waals surface area contributed by atoms with Gasteiger partial charge in [-0.1, -0.05) is 11.8 Å². The zero-order chi connectivity index (χ0) is 11.8. The Bertz CT molecular complexity index is 282. The van der Waals surface area contributed by atoms with E-state index >= 15 is 0 Å².